The first kappa shape index (κ1) is 12.5. The van der Waals surface area contributed by atoms with E-state index in [-0.39, 0.29) is 5.69 Å². The molecule has 1 rings (SSSR count). The van der Waals surface area contributed by atoms with Gasteiger partial charge in [0.15, 0.2) is 0 Å². The molecule has 0 heterocycles. The maximum Gasteiger partial charge on any atom is 0.274 e. The summed E-state index contributed by atoms with van der Waals surface area (Å²) in [5.74, 6) is -0.471. The van der Waals surface area contributed by atoms with E-state index in [1.165, 1.54) is 12.1 Å². The summed E-state index contributed by atoms with van der Waals surface area (Å²) in [6.45, 7) is 1.37. The molecule has 0 unspecified atom stereocenters. The number of nitrogens with two attached hydrogens (primary N) is 1. The third kappa shape index (κ3) is 3.25. The Morgan fingerprint density at radius 2 is 2.25 bits per heavy atom. The summed E-state index contributed by atoms with van der Waals surface area (Å²) in [6.07, 6.45) is 0. The molecule has 0 spiro atoms. The lowest BCUT2D eigenvalue weighted by molar-refractivity contribution is -0.385. The van der Waals surface area contributed by atoms with Crippen molar-refractivity contribution in [3.63, 3.8) is 0 Å². The van der Waals surface area contributed by atoms with Crippen LogP contribution in [0, 0.1) is 15.9 Å². The largest absolute Gasteiger partial charge is 0.329 e. The van der Waals surface area contributed by atoms with Crippen LogP contribution >= 0.6 is 0 Å². The molecule has 0 aliphatic heterocycles. The fourth-order valence-electron chi connectivity index (χ4n) is 1.45. The average molecular weight is 227 g/mol. The minimum absolute atomic E-state index is 0.0646. The van der Waals surface area contributed by atoms with Crippen molar-refractivity contribution in [3.05, 3.63) is 39.7 Å². The number of likely N-dealkylation sites (N-methyl/N-ethyl adjacent to an activating group) is 1. The minimum atomic E-state index is -0.509. The molecule has 0 saturated carbocycles. The molecule has 0 atom stereocenters. The van der Waals surface area contributed by atoms with Crippen molar-refractivity contribution >= 4 is 5.69 Å². The van der Waals surface area contributed by atoms with E-state index in [0.29, 0.717) is 25.2 Å². The Morgan fingerprint density at radius 3 is 2.81 bits per heavy atom. The van der Waals surface area contributed by atoms with Crippen LogP contribution in [0.2, 0.25) is 0 Å². The van der Waals surface area contributed by atoms with Gasteiger partial charge in [-0.2, -0.15) is 0 Å². The summed E-state index contributed by atoms with van der Waals surface area (Å²) >= 11 is 0. The zero-order chi connectivity index (χ0) is 12.1. The molecule has 16 heavy (non-hydrogen) atoms. The van der Waals surface area contributed by atoms with Gasteiger partial charge in [-0.1, -0.05) is 0 Å². The lowest BCUT2D eigenvalue weighted by atomic mass is 10.1. The number of nitro groups is 1. The van der Waals surface area contributed by atoms with Crippen molar-refractivity contribution < 1.29 is 9.31 Å². The first-order chi connectivity index (χ1) is 7.54. The zero-order valence-electron chi connectivity index (χ0n) is 9.02. The maximum absolute atomic E-state index is 13.0. The van der Waals surface area contributed by atoms with E-state index in [1.807, 2.05) is 4.90 Å². The Labute approximate surface area is 92.8 Å². The van der Waals surface area contributed by atoms with Crippen molar-refractivity contribution in [1.82, 2.24) is 4.90 Å². The molecule has 0 radical (unpaired) electrons. The highest BCUT2D eigenvalue weighted by Gasteiger charge is 2.15. The van der Waals surface area contributed by atoms with Crippen molar-refractivity contribution in [2.45, 2.75) is 6.54 Å². The molecule has 0 bridgehead atoms. The first-order valence-electron chi connectivity index (χ1n) is 4.86. The standard InChI is InChI=1S/C10H14FN3O2/c1-13(5-4-12)7-8-6-9(11)2-3-10(8)14(15)16/h2-3,6H,4-5,7,12H2,1H3. The van der Waals surface area contributed by atoms with Gasteiger partial charge in [0.2, 0.25) is 0 Å². The van der Waals surface area contributed by atoms with Crippen LogP contribution in [0.1, 0.15) is 5.56 Å². The van der Waals surface area contributed by atoms with E-state index in [4.69, 9.17) is 5.73 Å². The van der Waals surface area contributed by atoms with E-state index in [1.54, 1.807) is 7.05 Å². The third-order valence-corrected chi connectivity index (χ3v) is 2.19. The number of nitro benzene ring substituents is 1. The molecule has 0 amide bonds. The van der Waals surface area contributed by atoms with E-state index >= 15 is 0 Å². The highest BCUT2D eigenvalue weighted by Crippen LogP contribution is 2.20. The fraction of sp³-hybridized carbons (Fsp3) is 0.400. The summed E-state index contributed by atoms with van der Waals surface area (Å²) in [7, 11) is 1.78. The topological polar surface area (TPSA) is 72.4 Å². The molecule has 1 aromatic rings. The van der Waals surface area contributed by atoms with Gasteiger partial charge in [-0.05, 0) is 19.2 Å². The molecule has 1 aromatic carbocycles. The van der Waals surface area contributed by atoms with Crippen LogP contribution in [-0.2, 0) is 6.54 Å². The van der Waals surface area contributed by atoms with Gasteiger partial charge in [0.05, 0.1) is 4.92 Å². The first-order valence-corrected chi connectivity index (χ1v) is 4.86. The molecular formula is C10H14FN3O2. The van der Waals surface area contributed by atoms with Gasteiger partial charge in [0.1, 0.15) is 5.82 Å². The van der Waals surface area contributed by atoms with Gasteiger partial charge in [-0.25, -0.2) is 4.39 Å². The van der Waals surface area contributed by atoms with Gasteiger partial charge in [-0.3, -0.25) is 10.1 Å². The molecule has 88 valence electrons. The summed E-state index contributed by atoms with van der Waals surface area (Å²) in [5.41, 5.74) is 5.66. The SMILES string of the molecule is CN(CCN)Cc1cc(F)ccc1[N+](=O)[O-]. The molecule has 0 aliphatic rings. The van der Waals surface area contributed by atoms with Crippen LogP contribution in [0.25, 0.3) is 0 Å². The molecular weight excluding hydrogens is 213 g/mol. The molecule has 0 aromatic heterocycles. The number of nitrogens with zero attached hydrogens (tertiary/aromatic N) is 2. The van der Waals surface area contributed by atoms with Gasteiger partial charge >= 0.3 is 0 Å². The van der Waals surface area contributed by atoms with Crippen molar-refractivity contribution in [2.75, 3.05) is 20.1 Å². The highest BCUT2D eigenvalue weighted by atomic mass is 19.1. The van der Waals surface area contributed by atoms with Crippen molar-refractivity contribution in [1.29, 1.82) is 0 Å². The summed E-state index contributed by atoms with van der Waals surface area (Å²) in [6, 6.07) is 3.46. The average Bonchev–Trinajstić information content (AvgIpc) is 2.17. The number of rotatable bonds is 5. The van der Waals surface area contributed by atoms with Crippen LogP contribution < -0.4 is 5.73 Å². The Bertz CT molecular complexity index is 384. The van der Waals surface area contributed by atoms with Gasteiger partial charge in [0, 0.05) is 31.3 Å². The second-order valence-electron chi connectivity index (χ2n) is 3.56. The molecule has 0 saturated heterocycles. The second kappa shape index (κ2) is 5.53. The summed E-state index contributed by atoms with van der Waals surface area (Å²) in [5, 5.41) is 10.7. The van der Waals surface area contributed by atoms with Crippen LogP contribution in [0.15, 0.2) is 18.2 Å². The fourth-order valence-corrected chi connectivity index (χ4v) is 1.45. The van der Waals surface area contributed by atoms with E-state index in [0.717, 1.165) is 6.07 Å². The van der Waals surface area contributed by atoms with Crippen molar-refractivity contribution in [3.8, 4) is 0 Å². The van der Waals surface area contributed by atoms with E-state index < -0.39 is 10.7 Å². The lowest BCUT2D eigenvalue weighted by Crippen LogP contribution is -2.25. The Kier molecular flexibility index (Phi) is 4.33. The Morgan fingerprint density at radius 1 is 1.56 bits per heavy atom. The maximum atomic E-state index is 13.0. The minimum Gasteiger partial charge on any atom is -0.329 e. The van der Waals surface area contributed by atoms with E-state index in [9.17, 15) is 14.5 Å². The predicted octanol–water partition coefficient (Wildman–Crippen LogP) is 1.12. The van der Waals surface area contributed by atoms with Gasteiger partial charge in [-0.15, -0.1) is 0 Å². The predicted molar refractivity (Wildman–Crippen MR) is 58.4 cm³/mol. The number of hydrogen-bond donors (Lipinski definition) is 1. The van der Waals surface area contributed by atoms with Crippen LogP contribution in [0.5, 0.6) is 0 Å². The summed E-state index contributed by atoms with van der Waals surface area (Å²) in [4.78, 5) is 12.0. The van der Waals surface area contributed by atoms with Crippen LogP contribution in [-0.4, -0.2) is 30.0 Å². The Hall–Kier alpha value is -1.53. The van der Waals surface area contributed by atoms with Crippen LogP contribution in [0.4, 0.5) is 10.1 Å². The van der Waals surface area contributed by atoms with Gasteiger partial charge in [0.25, 0.3) is 5.69 Å². The summed E-state index contributed by atoms with van der Waals surface area (Å²) < 4.78 is 13.0. The molecule has 6 heteroatoms. The second-order valence-corrected chi connectivity index (χ2v) is 3.56. The quantitative estimate of drug-likeness (QED) is 0.604. The zero-order valence-corrected chi connectivity index (χ0v) is 9.02. The van der Waals surface area contributed by atoms with Crippen LogP contribution in [0.3, 0.4) is 0 Å². The number of hydrogen-bond acceptors (Lipinski definition) is 4. The molecule has 5 nitrogen and oxygen atoms in total. The normalized spacial score (nSPS) is 10.8. The highest BCUT2D eigenvalue weighted by molar-refractivity contribution is 5.40. The molecule has 0 fully saturated rings. The molecule has 0 aliphatic carbocycles. The Balaban J connectivity index is 2.92. The van der Waals surface area contributed by atoms with Gasteiger partial charge < -0.3 is 10.6 Å². The number of halogens is 1. The van der Waals surface area contributed by atoms with E-state index in [2.05, 4.69) is 0 Å². The molecule has 2 N–H and O–H groups in total. The smallest absolute Gasteiger partial charge is 0.274 e. The van der Waals surface area contributed by atoms with Crippen molar-refractivity contribution in [2.24, 2.45) is 5.73 Å². The third-order valence-electron chi connectivity index (χ3n) is 2.19. The lowest BCUT2D eigenvalue weighted by Gasteiger charge is -2.15. The number of benzene rings is 1. The monoisotopic (exact) mass is 227 g/mol.